The quantitative estimate of drug-likeness (QED) is 0.806. The van der Waals surface area contributed by atoms with Gasteiger partial charge in [-0.25, -0.2) is 4.68 Å². The molecule has 0 aliphatic carbocycles. The zero-order valence-corrected chi connectivity index (χ0v) is 12.4. The van der Waals surface area contributed by atoms with E-state index in [-0.39, 0.29) is 5.91 Å². The van der Waals surface area contributed by atoms with Crippen molar-refractivity contribution in [3.63, 3.8) is 0 Å². The van der Waals surface area contributed by atoms with E-state index in [9.17, 15) is 4.79 Å². The molecule has 1 N–H and O–H groups in total. The molecule has 5 nitrogen and oxygen atoms in total. The molecule has 0 fully saturated rings. The molecule has 0 atom stereocenters. The van der Waals surface area contributed by atoms with E-state index in [1.54, 1.807) is 4.68 Å². The summed E-state index contributed by atoms with van der Waals surface area (Å²) in [7, 11) is 0. The Morgan fingerprint density at radius 1 is 1.00 bits per heavy atom. The Hall–Kier alpha value is -2.95. The van der Waals surface area contributed by atoms with Gasteiger partial charge in [-0.2, -0.15) is 0 Å². The number of carbonyl (C=O) groups excluding carboxylic acids is 1. The van der Waals surface area contributed by atoms with Crippen molar-refractivity contribution in [3.05, 3.63) is 71.5 Å². The number of anilines is 1. The Labute approximate surface area is 128 Å². The van der Waals surface area contributed by atoms with Crippen LogP contribution in [-0.2, 0) is 0 Å². The second kappa shape index (κ2) is 5.81. The molecule has 0 aliphatic rings. The highest BCUT2D eigenvalue weighted by Crippen LogP contribution is 2.14. The molecule has 3 aromatic rings. The number of para-hydroxylation sites is 1. The van der Waals surface area contributed by atoms with Crippen molar-refractivity contribution >= 4 is 11.6 Å². The third-order valence-corrected chi connectivity index (χ3v) is 3.42. The largest absolute Gasteiger partial charge is 0.321 e. The van der Waals surface area contributed by atoms with Gasteiger partial charge in [-0.3, -0.25) is 4.79 Å². The molecule has 0 radical (unpaired) electrons. The first-order valence-electron chi connectivity index (χ1n) is 7.01. The number of aromatic nitrogens is 3. The van der Waals surface area contributed by atoms with Gasteiger partial charge in [0.2, 0.25) is 0 Å². The normalized spacial score (nSPS) is 10.5. The van der Waals surface area contributed by atoms with Crippen LogP contribution < -0.4 is 5.32 Å². The highest BCUT2D eigenvalue weighted by Gasteiger charge is 2.17. The molecular weight excluding hydrogens is 276 g/mol. The molecule has 1 heterocycles. The fourth-order valence-electron chi connectivity index (χ4n) is 2.18. The lowest BCUT2D eigenvalue weighted by Gasteiger charge is -2.05. The van der Waals surface area contributed by atoms with E-state index in [0.717, 1.165) is 11.4 Å². The fourth-order valence-corrected chi connectivity index (χ4v) is 2.18. The number of hydrogen-bond acceptors (Lipinski definition) is 3. The molecule has 0 spiro atoms. The number of hydrogen-bond donors (Lipinski definition) is 1. The van der Waals surface area contributed by atoms with Crippen LogP contribution in [0.5, 0.6) is 0 Å². The average molecular weight is 292 g/mol. The lowest BCUT2D eigenvalue weighted by atomic mass is 10.2. The van der Waals surface area contributed by atoms with Gasteiger partial charge in [0.25, 0.3) is 5.91 Å². The van der Waals surface area contributed by atoms with Crippen molar-refractivity contribution in [3.8, 4) is 5.69 Å². The summed E-state index contributed by atoms with van der Waals surface area (Å²) in [6.07, 6.45) is 0. The van der Waals surface area contributed by atoms with Crippen LogP contribution in [0, 0.1) is 13.8 Å². The van der Waals surface area contributed by atoms with Crippen molar-refractivity contribution in [1.82, 2.24) is 15.0 Å². The summed E-state index contributed by atoms with van der Waals surface area (Å²) < 4.78 is 1.67. The standard InChI is InChI=1S/C17H16N4O/c1-12-8-10-15(11-9-12)21-13(2)16(19-20-21)17(22)18-14-6-4-3-5-7-14/h3-11H,1-2H3,(H,18,22). The molecule has 22 heavy (non-hydrogen) atoms. The molecule has 0 aliphatic heterocycles. The van der Waals surface area contributed by atoms with Gasteiger partial charge >= 0.3 is 0 Å². The first-order valence-corrected chi connectivity index (χ1v) is 7.01. The van der Waals surface area contributed by atoms with E-state index in [2.05, 4.69) is 15.6 Å². The van der Waals surface area contributed by atoms with Crippen LogP contribution in [0.25, 0.3) is 5.69 Å². The minimum Gasteiger partial charge on any atom is -0.321 e. The maximum absolute atomic E-state index is 12.3. The number of aryl methyl sites for hydroxylation is 1. The van der Waals surface area contributed by atoms with Crippen LogP contribution in [0.3, 0.4) is 0 Å². The Balaban J connectivity index is 1.87. The monoisotopic (exact) mass is 292 g/mol. The van der Waals surface area contributed by atoms with E-state index in [0.29, 0.717) is 11.4 Å². The van der Waals surface area contributed by atoms with E-state index < -0.39 is 0 Å². The van der Waals surface area contributed by atoms with Gasteiger partial charge in [0.05, 0.1) is 11.4 Å². The van der Waals surface area contributed by atoms with Crippen LogP contribution in [0.4, 0.5) is 5.69 Å². The molecule has 0 saturated heterocycles. The predicted octanol–water partition coefficient (Wildman–Crippen LogP) is 3.14. The molecule has 3 rings (SSSR count). The van der Waals surface area contributed by atoms with E-state index in [1.807, 2.05) is 68.4 Å². The summed E-state index contributed by atoms with van der Waals surface area (Å²) in [6, 6.07) is 17.2. The third kappa shape index (κ3) is 2.74. The fraction of sp³-hybridized carbons (Fsp3) is 0.118. The molecule has 0 bridgehead atoms. The van der Waals surface area contributed by atoms with Crippen molar-refractivity contribution in [2.45, 2.75) is 13.8 Å². The van der Waals surface area contributed by atoms with Crippen molar-refractivity contribution < 1.29 is 4.79 Å². The van der Waals surface area contributed by atoms with Crippen molar-refractivity contribution in [2.75, 3.05) is 5.32 Å². The molecule has 110 valence electrons. The summed E-state index contributed by atoms with van der Waals surface area (Å²) in [5.74, 6) is -0.262. The zero-order chi connectivity index (χ0) is 15.5. The molecule has 1 amide bonds. The van der Waals surface area contributed by atoms with Gasteiger partial charge in [-0.1, -0.05) is 41.1 Å². The van der Waals surface area contributed by atoms with Gasteiger partial charge in [0, 0.05) is 5.69 Å². The Kier molecular flexibility index (Phi) is 3.70. The molecule has 5 heteroatoms. The minimum absolute atomic E-state index is 0.262. The van der Waals surface area contributed by atoms with Crippen molar-refractivity contribution in [1.29, 1.82) is 0 Å². The Morgan fingerprint density at radius 2 is 1.68 bits per heavy atom. The molecule has 2 aromatic carbocycles. The summed E-state index contributed by atoms with van der Waals surface area (Å²) in [5, 5.41) is 10.9. The van der Waals surface area contributed by atoms with Crippen LogP contribution in [-0.4, -0.2) is 20.9 Å². The highest BCUT2D eigenvalue weighted by molar-refractivity contribution is 6.03. The lowest BCUT2D eigenvalue weighted by Crippen LogP contribution is -2.14. The number of nitrogens with one attached hydrogen (secondary N) is 1. The first-order chi connectivity index (χ1) is 10.6. The number of carbonyl (C=O) groups is 1. The minimum atomic E-state index is -0.262. The first kappa shape index (κ1) is 14.0. The second-order valence-corrected chi connectivity index (χ2v) is 5.09. The molecule has 1 aromatic heterocycles. The smallest absolute Gasteiger partial charge is 0.278 e. The van der Waals surface area contributed by atoms with E-state index in [4.69, 9.17) is 0 Å². The summed E-state index contributed by atoms with van der Waals surface area (Å²) >= 11 is 0. The topological polar surface area (TPSA) is 59.8 Å². The number of benzene rings is 2. The number of nitrogens with zero attached hydrogens (tertiary/aromatic N) is 3. The van der Waals surface area contributed by atoms with E-state index in [1.165, 1.54) is 5.56 Å². The Bertz CT molecular complexity index is 791. The SMILES string of the molecule is Cc1ccc(-n2nnc(C(=O)Nc3ccccc3)c2C)cc1. The van der Waals surface area contributed by atoms with Crippen molar-refractivity contribution in [2.24, 2.45) is 0 Å². The van der Waals surface area contributed by atoms with E-state index >= 15 is 0 Å². The molecular formula is C17H16N4O. The van der Waals surface area contributed by atoms with Gasteiger partial charge in [0.15, 0.2) is 5.69 Å². The summed E-state index contributed by atoms with van der Waals surface area (Å²) in [5.41, 5.74) is 3.82. The molecule has 0 saturated carbocycles. The van der Waals surface area contributed by atoms with Crippen LogP contribution >= 0.6 is 0 Å². The van der Waals surface area contributed by atoms with Gasteiger partial charge < -0.3 is 5.32 Å². The lowest BCUT2D eigenvalue weighted by molar-refractivity contribution is 0.102. The predicted molar refractivity (Wildman–Crippen MR) is 85.2 cm³/mol. The number of rotatable bonds is 3. The second-order valence-electron chi connectivity index (χ2n) is 5.09. The van der Waals surface area contributed by atoms with Gasteiger partial charge in [-0.15, -0.1) is 5.10 Å². The third-order valence-electron chi connectivity index (χ3n) is 3.42. The number of amides is 1. The summed E-state index contributed by atoms with van der Waals surface area (Å²) in [4.78, 5) is 12.3. The van der Waals surface area contributed by atoms with Gasteiger partial charge in [-0.05, 0) is 38.1 Å². The average Bonchev–Trinajstić information content (AvgIpc) is 2.91. The zero-order valence-electron chi connectivity index (χ0n) is 12.4. The molecule has 0 unspecified atom stereocenters. The highest BCUT2D eigenvalue weighted by atomic mass is 16.2. The maximum Gasteiger partial charge on any atom is 0.278 e. The Morgan fingerprint density at radius 3 is 2.36 bits per heavy atom. The maximum atomic E-state index is 12.3. The summed E-state index contributed by atoms with van der Waals surface area (Å²) in [6.45, 7) is 3.86. The van der Waals surface area contributed by atoms with Gasteiger partial charge in [0.1, 0.15) is 0 Å². The van der Waals surface area contributed by atoms with Crippen LogP contribution in [0.2, 0.25) is 0 Å². The van der Waals surface area contributed by atoms with Crippen LogP contribution in [0.15, 0.2) is 54.6 Å². The van der Waals surface area contributed by atoms with Crippen LogP contribution in [0.1, 0.15) is 21.7 Å².